The summed E-state index contributed by atoms with van der Waals surface area (Å²) in [6.45, 7) is 4.39. The highest BCUT2D eigenvalue weighted by molar-refractivity contribution is 14.1. The lowest BCUT2D eigenvalue weighted by Crippen LogP contribution is -2.40. The molecule has 18 heavy (non-hydrogen) atoms. The number of hydrogen-bond donors (Lipinski definition) is 2. The lowest BCUT2D eigenvalue weighted by atomic mass is 10.1. The standard InChI is InChI=1S/C12H19IN2O2S/c1-9(2)7-11(8-14)15-18(16,17)12-5-3-10(13)4-6-12/h3-6,9,11,15H,7-8,14H2,1-2H3/t11-/m0/s1. The summed E-state index contributed by atoms with van der Waals surface area (Å²) in [5.41, 5.74) is 5.60. The predicted molar refractivity (Wildman–Crippen MR) is 81.8 cm³/mol. The van der Waals surface area contributed by atoms with Crippen molar-refractivity contribution in [3.05, 3.63) is 27.8 Å². The van der Waals surface area contributed by atoms with Crippen LogP contribution in [0.1, 0.15) is 20.3 Å². The van der Waals surface area contributed by atoms with Crippen molar-refractivity contribution in [2.45, 2.75) is 31.2 Å². The van der Waals surface area contributed by atoms with E-state index in [1.807, 2.05) is 13.8 Å². The third-order valence-corrected chi connectivity index (χ3v) is 4.74. The summed E-state index contributed by atoms with van der Waals surface area (Å²) >= 11 is 2.14. The first-order valence-corrected chi connectivity index (χ1v) is 8.39. The molecule has 102 valence electrons. The molecule has 0 bridgehead atoms. The van der Waals surface area contributed by atoms with E-state index in [4.69, 9.17) is 5.73 Å². The summed E-state index contributed by atoms with van der Waals surface area (Å²) < 4.78 is 27.9. The van der Waals surface area contributed by atoms with Gasteiger partial charge < -0.3 is 5.73 Å². The SMILES string of the molecule is CC(C)C[C@@H](CN)NS(=O)(=O)c1ccc(I)cc1. The van der Waals surface area contributed by atoms with E-state index >= 15 is 0 Å². The monoisotopic (exact) mass is 382 g/mol. The molecule has 1 rings (SSSR count). The summed E-state index contributed by atoms with van der Waals surface area (Å²) in [6.07, 6.45) is 0.736. The third-order valence-electron chi connectivity index (χ3n) is 2.49. The Morgan fingerprint density at radius 3 is 2.28 bits per heavy atom. The number of nitrogens with two attached hydrogens (primary N) is 1. The third kappa shape index (κ3) is 4.83. The molecule has 0 fully saturated rings. The fraction of sp³-hybridized carbons (Fsp3) is 0.500. The molecule has 0 aliphatic carbocycles. The Balaban J connectivity index is 2.83. The second-order valence-corrected chi connectivity index (χ2v) is 7.60. The van der Waals surface area contributed by atoms with Gasteiger partial charge >= 0.3 is 0 Å². The highest BCUT2D eigenvalue weighted by Gasteiger charge is 2.19. The second kappa shape index (κ2) is 6.83. The maximum Gasteiger partial charge on any atom is 0.240 e. The van der Waals surface area contributed by atoms with Crippen molar-refractivity contribution in [1.29, 1.82) is 0 Å². The van der Waals surface area contributed by atoms with E-state index in [2.05, 4.69) is 27.3 Å². The molecule has 1 aromatic rings. The minimum Gasteiger partial charge on any atom is -0.329 e. The van der Waals surface area contributed by atoms with E-state index in [0.717, 1.165) is 9.99 Å². The van der Waals surface area contributed by atoms with Crippen LogP contribution in [0.3, 0.4) is 0 Å². The minimum absolute atomic E-state index is 0.214. The van der Waals surface area contributed by atoms with Gasteiger partial charge in [0.1, 0.15) is 0 Å². The van der Waals surface area contributed by atoms with Crippen LogP contribution in [0, 0.1) is 9.49 Å². The Hall–Kier alpha value is -0.180. The lowest BCUT2D eigenvalue weighted by Gasteiger charge is -2.18. The lowest BCUT2D eigenvalue weighted by molar-refractivity contribution is 0.465. The number of sulfonamides is 1. The summed E-state index contributed by atoms with van der Waals surface area (Å²) in [4.78, 5) is 0.283. The van der Waals surface area contributed by atoms with Gasteiger partial charge in [0.25, 0.3) is 0 Å². The summed E-state index contributed by atoms with van der Waals surface area (Å²) in [6, 6.07) is 6.54. The van der Waals surface area contributed by atoms with Crippen LogP contribution in [0.5, 0.6) is 0 Å². The Labute approximate surface area is 123 Å². The number of nitrogens with one attached hydrogen (secondary N) is 1. The molecule has 0 aliphatic heterocycles. The van der Waals surface area contributed by atoms with Gasteiger partial charge in [-0.1, -0.05) is 13.8 Å². The van der Waals surface area contributed by atoms with Gasteiger partial charge in [0.05, 0.1) is 4.90 Å². The van der Waals surface area contributed by atoms with E-state index < -0.39 is 10.0 Å². The summed E-state index contributed by atoms with van der Waals surface area (Å²) in [7, 11) is -3.47. The van der Waals surface area contributed by atoms with Gasteiger partial charge in [0.2, 0.25) is 10.0 Å². The first-order chi connectivity index (χ1) is 8.35. The highest BCUT2D eigenvalue weighted by Crippen LogP contribution is 2.13. The van der Waals surface area contributed by atoms with Crippen LogP contribution in [0.25, 0.3) is 0 Å². The topological polar surface area (TPSA) is 72.2 Å². The minimum atomic E-state index is -3.47. The number of rotatable bonds is 6. The van der Waals surface area contributed by atoms with Crippen LogP contribution >= 0.6 is 22.6 Å². The Morgan fingerprint density at radius 1 is 1.28 bits per heavy atom. The molecule has 0 aliphatic rings. The Bertz CT molecular complexity index is 471. The molecule has 0 spiro atoms. The molecule has 0 aromatic heterocycles. The van der Waals surface area contributed by atoms with Crippen molar-refractivity contribution < 1.29 is 8.42 Å². The smallest absolute Gasteiger partial charge is 0.240 e. The Morgan fingerprint density at radius 2 is 1.83 bits per heavy atom. The quantitative estimate of drug-likeness (QED) is 0.739. The first kappa shape index (κ1) is 15.9. The normalized spacial score (nSPS) is 13.8. The van der Waals surface area contributed by atoms with Crippen molar-refractivity contribution >= 4 is 32.6 Å². The molecule has 0 heterocycles. The molecule has 0 radical (unpaired) electrons. The van der Waals surface area contributed by atoms with Gasteiger partial charge in [-0.15, -0.1) is 0 Å². The average Bonchev–Trinajstić information content (AvgIpc) is 2.27. The van der Waals surface area contributed by atoms with Gasteiger partial charge in [-0.3, -0.25) is 0 Å². The molecule has 0 unspecified atom stereocenters. The zero-order chi connectivity index (χ0) is 13.8. The number of halogens is 1. The molecule has 6 heteroatoms. The molecular weight excluding hydrogens is 363 g/mol. The van der Waals surface area contributed by atoms with Crippen LogP contribution in [0.4, 0.5) is 0 Å². The molecule has 0 saturated carbocycles. The predicted octanol–water partition coefficient (Wildman–Crippen LogP) is 1.94. The molecule has 3 N–H and O–H groups in total. The average molecular weight is 382 g/mol. The van der Waals surface area contributed by atoms with Crippen LogP contribution in [0.15, 0.2) is 29.2 Å². The van der Waals surface area contributed by atoms with Crippen LogP contribution in [-0.2, 0) is 10.0 Å². The van der Waals surface area contributed by atoms with Crippen LogP contribution in [-0.4, -0.2) is 21.0 Å². The summed E-state index contributed by atoms with van der Waals surface area (Å²) in [5.74, 6) is 0.401. The highest BCUT2D eigenvalue weighted by atomic mass is 127. The molecular formula is C12H19IN2O2S. The molecule has 0 saturated heterocycles. The van der Waals surface area contributed by atoms with Gasteiger partial charge in [-0.05, 0) is 59.2 Å². The van der Waals surface area contributed by atoms with Crippen LogP contribution in [0.2, 0.25) is 0 Å². The summed E-state index contributed by atoms with van der Waals surface area (Å²) in [5, 5.41) is 0. The van der Waals surface area contributed by atoms with E-state index in [1.165, 1.54) is 0 Å². The largest absolute Gasteiger partial charge is 0.329 e. The van der Waals surface area contributed by atoms with E-state index in [-0.39, 0.29) is 10.9 Å². The van der Waals surface area contributed by atoms with Crippen molar-refractivity contribution in [3.63, 3.8) is 0 Å². The van der Waals surface area contributed by atoms with Crippen LogP contribution < -0.4 is 10.5 Å². The zero-order valence-electron chi connectivity index (χ0n) is 10.6. The molecule has 0 amide bonds. The number of hydrogen-bond acceptors (Lipinski definition) is 3. The van der Waals surface area contributed by atoms with E-state index in [1.54, 1.807) is 24.3 Å². The molecule has 4 nitrogen and oxygen atoms in total. The van der Waals surface area contributed by atoms with Crippen molar-refractivity contribution in [1.82, 2.24) is 4.72 Å². The fourth-order valence-electron chi connectivity index (χ4n) is 1.66. The Kier molecular flexibility index (Phi) is 6.03. The van der Waals surface area contributed by atoms with Crippen molar-refractivity contribution in [2.75, 3.05) is 6.54 Å². The van der Waals surface area contributed by atoms with E-state index in [0.29, 0.717) is 12.5 Å². The van der Waals surface area contributed by atoms with Gasteiger partial charge in [-0.2, -0.15) is 0 Å². The number of benzene rings is 1. The maximum absolute atomic E-state index is 12.1. The zero-order valence-corrected chi connectivity index (χ0v) is 13.5. The van der Waals surface area contributed by atoms with E-state index in [9.17, 15) is 8.42 Å². The molecule has 1 aromatic carbocycles. The van der Waals surface area contributed by atoms with Crippen molar-refractivity contribution in [3.8, 4) is 0 Å². The molecule has 1 atom stereocenters. The van der Waals surface area contributed by atoms with Gasteiger partial charge in [0.15, 0.2) is 0 Å². The fourth-order valence-corrected chi connectivity index (χ4v) is 3.28. The van der Waals surface area contributed by atoms with Gasteiger partial charge in [-0.25, -0.2) is 13.1 Å². The van der Waals surface area contributed by atoms with Crippen molar-refractivity contribution in [2.24, 2.45) is 11.7 Å². The maximum atomic E-state index is 12.1. The second-order valence-electron chi connectivity index (χ2n) is 4.64. The first-order valence-electron chi connectivity index (χ1n) is 5.83. The van der Waals surface area contributed by atoms with Gasteiger partial charge in [0, 0.05) is 16.2 Å².